The quantitative estimate of drug-likeness (QED) is 0.0798. The highest BCUT2D eigenvalue weighted by atomic mass is 32.1. The molecule has 2 aliphatic rings. The molecule has 5 amide bonds. The lowest BCUT2D eigenvalue weighted by atomic mass is 9.87. The van der Waals surface area contributed by atoms with E-state index in [0.29, 0.717) is 38.9 Å². The molecule has 0 radical (unpaired) electrons. The zero-order chi connectivity index (χ0) is 39.1. The van der Waals surface area contributed by atoms with Gasteiger partial charge in [-0.05, 0) is 84.9 Å². The molecule has 4 heterocycles. The average Bonchev–Trinajstić information content (AvgIpc) is 3.99. The minimum absolute atomic E-state index is 0.0877. The lowest BCUT2D eigenvalue weighted by Crippen LogP contribution is -2.65. The summed E-state index contributed by atoms with van der Waals surface area (Å²) in [7, 11) is 0. The molecular formula is C42H48N8O5S. The Morgan fingerprint density at radius 2 is 1.38 bits per heavy atom. The second-order valence-corrected chi connectivity index (χ2v) is 15.6. The molecule has 0 spiro atoms. The molecular weight excluding hydrogens is 729 g/mol. The number of hydrogen-bond acceptors (Lipinski definition) is 8. The summed E-state index contributed by atoms with van der Waals surface area (Å²) < 4.78 is 1.06. The highest BCUT2D eigenvalue weighted by Gasteiger charge is 2.41. The number of nitrogens with two attached hydrogens (primary N) is 1. The summed E-state index contributed by atoms with van der Waals surface area (Å²) in [5.74, 6) is -2.60. The topological polar surface area (TPSA) is 199 Å². The van der Waals surface area contributed by atoms with Crippen molar-refractivity contribution in [1.82, 2.24) is 36.9 Å². The maximum Gasteiger partial charge on any atom is 0.243 e. The van der Waals surface area contributed by atoms with Crippen LogP contribution in [-0.2, 0) is 43.2 Å². The summed E-state index contributed by atoms with van der Waals surface area (Å²) >= 11 is 1.56. The van der Waals surface area contributed by atoms with Gasteiger partial charge in [-0.15, -0.1) is 11.3 Å². The summed E-state index contributed by atoms with van der Waals surface area (Å²) in [6, 6.07) is 21.1. The Kier molecular flexibility index (Phi) is 12.1. The number of amides is 5. The van der Waals surface area contributed by atoms with Crippen LogP contribution in [0.4, 0.5) is 0 Å². The van der Waals surface area contributed by atoms with Crippen molar-refractivity contribution in [3.8, 4) is 0 Å². The third kappa shape index (κ3) is 8.93. The summed E-state index contributed by atoms with van der Waals surface area (Å²) in [5, 5.41) is 22.1. The van der Waals surface area contributed by atoms with E-state index in [1.165, 1.54) is 0 Å². The first-order valence-electron chi connectivity index (χ1n) is 19.2. The number of aromatic amines is 1. The molecule has 4 atom stereocenters. The fourth-order valence-electron chi connectivity index (χ4n) is 7.74. The fourth-order valence-corrected chi connectivity index (χ4v) is 8.72. The first-order chi connectivity index (χ1) is 27.2. The Morgan fingerprint density at radius 1 is 0.732 bits per heavy atom. The van der Waals surface area contributed by atoms with Crippen molar-refractivity contribution in [1.29, 1.82) is 0 Å². The number of hydrogen-bond donors (Lipinski definition) is 8. The third-order valence-electron chi connectivity index (χ3n) is 10.9. The van der Waals surface area contributed by atoms with Gasteiger partial charge >= 0.3 is 0 Å². The largest absolute Gasteiger partial charge is 0.368 e. The van der Waals surface area contributed by atoms with Gasteiger partial charge in [-0.1, -0.05) is 66.7 Å². The average molecular weight is 777 g/mol. The van der Waals surface area contributed by atoms with Crippen LogP contribution in [0.25, 0.3) is 21.0 Å². The normalized spacial score (nSPS) is 18.1. The third-order valence-corrected chi connectivity index (χ3v) is 11.9. The second-order valence-electron chi connectivity index (χ2n) is 14.7. The van der Waals surface area contributed by atoms with E-state index in [1.54, 1.807) is 11.3 Å². The van der Waals surface area contributed by atoms with Crippen molar-refractivity contribution >= 4 is 61.9 Å². The van der Waals surface area contributed by atoms with Gasteiger partial charge in [0.05, 0.1) is 6.04 Å². The van der Waals surface area contributed by atoms with Gasteiger partial charge in [-0.3, -0.25) is 24.0 Å². The lowest BCUT2D eigenvalue weighted by Gasteiger charge is -2.36. The van der Waals surface area contributed by atoms with E-state index >= 15 is 0 Å². The Bertz CT molecular complexity index is 2190. The van der Waals surface area contributed by atoms with E-state index in [-0.39, 0.29) is 25.2 Å². The number of thiophene rings is 1. The number of benzene rings is 3. The van der Waals surface area contributed by atoms with Crippen molar-refractivity contribution in [3.63, 3.8) is 0 Å². The van der Waals surface area contributed by atoms with Gasteiger partial charge in [0, 0.05) is 41.1 Å². The van der Waals surface area contributed by atoms with E-state index in [2.05, 4.69) is 36.9 Å². The van der Waals surface area contributed by atoms with Gasteiger partial charge < -0.3 is 42.6 Å². The zero-order valence-corrected chi connectivity index (χ0v) is 31.9. The van der Waals surface area contributed by atoms with Crippen molar-refractivity contribution in [2.75, 3.05) is 19.6 Å². The number of primary amides is 1. The van der Waals surface area contributed by atoms with Gasteiger partial charge in [0.15, 0.2) is 0 Å². The number of fused-ring (bicyclic) bond motifs is 2. The van der Waals surface area contributed by atoms with Crippen LogP contribution in [-0.4, -0.2) is 83.9 Å². The summed E-state index contributed by atoms with van der Waals surface area (Å²) in [6.07, 6.45) is 4.35. The Balaban J connectivity index is 1.18. The minimum atomic E-state index is -1.27. The maximum atomic E-state index is 14.6. The van der Waals surface area contributed by atoms with Gasteiger partial charge in [0.2, 0.25) is 29.5 Å². The molecule has 0 saturated carbocycles. The predicted octanol–water partition coefficient (Wildman–Crippen LogP) is 2.34. The van der Waals surface area contributed by atoms with Gasteiger partial charge in [0.25, 0.3) is 0 Å². The molecule has 2 aliphatic heterocycles. The van der Waals surface area contributed by atoms with Gasteiger partial charge in [-0.2, -0.15) is 0 Å². The van der Waals surface area contributed by atoms with Crippen LogP contribution in [0.5, 0.6) is 0 Å². The van der Waals surface area contributed by atoms with Crippen LogP contribution in [0, 0.1) is 0 Å². The molecule has 2 saturated heterocycles. The minimum Gasteiger partial charge on any atom is -0.368 e. The summed E-state index contributed by atoms with van der Waals surface area (Å²) in [5.41, 5.74) is 7.93. The number of H-pyrrole nitrogens is 1. The van der Waals surface area contributed by atoms with Crippen LogP contribution in [0.1, 0.15) is 42.4 Å². The molecule has 9 N–H and O–H groups in total. The molecule has 5 aromatic rings. The summed E-state index contributed by atoms with van der Waals surface area (Å²) in [6.45, 7) is 1.70. The van der Waals surface area contributed by atoms with Crippen LogP contribution in [0.2, 0.25) is 0 Å². The van der Waals surface area contributed by atoms with Crippen molar-refractivity contribution < 1.29 is 24.0 Å². The van der Waals surface area contributed by atoms with E-state index in [4.69, 9.17) is 5.73 Å². The molecule has 0 aliphatic carbocycles. The van der Waals surface area contributed by atoms with Crippen LogP contribution >= 0.6 is 11.3 Å². The molecule has 14 heteroatoms. The SMILES string of the molecule is NC(=O)C1(NC(=O)[C@H](Cc2ccccc2)NC(=O)[C@@H](Cc2c[nH]c3ccccc23)NC(=O)[C@@H](Cc2csc3ccccc23)NC(=O)[C@@H]2CCCN2)CCNCC1. The number of carbonyl (C=O) groups excluding carboxylic acids is 5. The first-order valence-corrected chi connectivity index (χ1v) is 20.1. The van der Waals surface area contributed by atoms with Crippen molar-refractivity contribution in [2.45, 2.75) is 74.7 Å². The van der Waals surface area contributed by atoms with E-state index in [1.807, 2.05) is 90.4 Å². The van der Waals surface area contributed by atoms with Gasteiger partial charge in [-0.25, -0.2) is 0 Å². The van der Waals surface area contributed by atoms with Crippen LogP contribution in [0.3, 0.4) is 0 Å². The number of aromatic nitrogens is 1. The van der Waals surface area contributed by atoms with E-state index in [0.717, 1.165) is 44.1 Å². The molecule has 0 unspecified atom stereocenters. The molecule has 0 bridgehead atoms. The Morgan fingerprint density at radius 3 is 2.09 bits per heavy atom. The maximum absolute atomic E-state index is 14.6. The lowest BCUT2D eigenvalue weighted by molar-refractivity contribution is -0.136. The van der Waals surface area contributed by atoms with Gasteiger partial charge in [0.1, 0.15) is 23.7 Å². The van der Waals surface area contributed by atoms with Crippen LogP contribution < -0.4 is 37.6 Å². The number of piperidine rings is 1. The zero-order valence-electron chi connectivity index (χ0n) is 31.1. The Labute approximate surface area is 328 Å². The summed E-state index contributed by atoms with van der Waals surface area (Å²) in [4.78, 5) is 72.7. The highest BCUT2D eigenvalue weighted by molar-refractivity contribution is 7.17. The number of rotatable bonds is 15. The monoisotopic (exact) mass is 776 g/mol. The molecule has 13 nitrogen and oxygen atoms in total. The molecule has 56 heavy (non-hydrogen) atoms. The predicted molar refractivity (Wildman–Crippen MR) is 217 cm³/mol. The molecule has 3 aromatic carbocycles. The number of nitrogens with one attached hydrogen (secondary N) is 7. The smallest absolute Gasteiger partial charge is 0.243 e. The molecule has 2 aromatic heterocycles. The van der Waals surface area contributed by atoms with Crippen molar-refractivity contribution in [2.24, 2.45) is 5.73 Å². The fraction of sp³-hybridized carbons (Fsp3) is 0.357. The standard InChI is InChI=1S/C42H48N8O5S/c43-41(55)42(16-19-44-20-17-42)50-40(54)33(21-26-9-2-1-3-10-26)47-38(52)34(22-27-24-46-31-13-6-4-11-29(27)31)49-39(53)35(48-37(51)32-14-8-18-45-32)23-28-25-56-36-15-7-5-12-30(28)36/h1-7,9-13,15,24-25,32-35,44-46H,8,14,16-23H2,(H2,43,55)(H,47,52)(H,48,51)(H,49,53)(H,50,54)/t32-,33-,34+,35+/m0/s1. The molecule has 292 valence electrons. The number of para-hydroxylation sites is 1. The van der Waals surface area contributed by atoms with E-state index < -0.39 is 53.3 Å². The van der Waals surface area contributed by atoms with E-state index in [9.17, 15) is 24.0 Å². The highest BCUT2D eigenvalue weighted by Crippen LogP contribution is 2.27. The van der Waals surface area contributed by atoms with Crippen LogP contribution in [0.15, 0.2) is 90.4 Å². The van der Waals surface area contributed by atoms with Crippen molar-refractivity contribution in [3.05, 3.63) is 107 Å². The first kappa shape index (κ1) is 38.7. The molecule has 2 fully saturated rings. The molecule has 7 rings (SSSR count). The number of carbonyl (C=O) groups is 5. The Hall–Kier alpha value is -5.57. The second kappa shape index (κ2) is 17.5.